The molecule has 2 heterocycles. The molecule has 1 aromatic heterocycles. The number of hydrogen-bond acceptors (Lipinski definition) is 5. The number of carbonyl (C=O) groups is 1. The summed E-state index contributed by atoms with van der Waals surface area (Å²) < 4.78 is 36.7. The number of amides is 1. The first-order chi connectivity index (χ1) is 8.88. The van der Waals surface area contributed by atoms with Gasteiger partial charge in [0.2, 0.25) is 0 Å². The van der Waals surface area contributed by atoms with Crippen LogP contribution in [-0.4, -0.2) is 34.0 Å². The summed E-state index contributed by atoms with van der Waals surface area (Å²) in [5.74, 6) is -0.383. The SMILES string of the molecule is O=C(NOCC(F)(F)F)c1cnc2n(c1=O)CCS2. The van der Waals surface area contributed by atoms with Crippen molar-refractivity contribution in [3.05, 3.63) is 22.1 Å². The molecule has 1 aromatic rings. The number of rotatable bonds is 3. The maximum Gasteiger partial charge on any atom is 0.414 e. The molecular formula is C9H8F3N3O3S. The van der Waals surface area contributed by atoms with E-state index in [2.05, 4.69) is 9.82 Å². The second-order valence-corrected chi connectivity index (χ2v) is 4.66. The summed E-state index contributed by atoms with van der Waals surface area (Å²) in [5, 5.41) is 0.484. The Labute approximate surface area is 108 Å². The van der Waals surface area contributed by atoms with Crippen molar-refractivity contribution in [3.63, 3.8) is 0 Å². The Morgan fingerprint density at radius 2 is 2.32 bits per heavy atom. The average molecular weight is 295 g/mol. The highest BCUT2D eigenvalue weighted by molar-refractivity contribution is 7.99. The molecule has 6 nitrogen and oxygen atoms in total. The van der Waals surface area contributed by atoms with Gasteiger partial charge < -0.3 is 0 Å². The summed E-state index contributed by atoms with van der Waals surface area (Å²) >= 11 is 1.36. The molecule has 10 heteroatoms. The van der Waals surface area contributed by atoms with Crippen LogP contribution in [0.1, 0.15) is 10.4 Å². The van der Waals surface area contributed by atoms with Crippen molar-refractivity contribution < 1.29 is 22.8 Å². The van der Waals surface area contributed by atoms with Gasteiger partial charge in [-0.05, 0) is 0 Å². The van der Waals surface area contributed by atoms with Crippen LogP contribution in [0.2, 0.25) is 0 Å². The highest BCUT2D eigenvalue weighted by atomic mass is 32.2. The summed E-state index contributed by atoms with van der Waals surface area (Å²) in [4.78, 5) is 31.2. The van der Waals surface area contributed by atoms with Crippen molar-refractivity contribution in [1.82, 2.24) is 15.0 Å². The van der Waals surface area contributed by atoms with Gasteiger partial charge >= 0.3 is 6.18 Å². The van der Waals surface area contributed by atoms with Crippen molar-refractivity contribution in [2.24, 2.45) is 0 Å². The number of nitrogens with one attached hydrogen (secondary N) is 1. The molecular weight excluding hydrogens is 287 g/mol. The monoisotopic (exact) mass is 295 g/mol. The van der Waals surface area contributed by atoms with E-state index in [4.69, 9.17) is 0 Å². The standard InChI is InChI=1S/C9H8F3N3O3S/c10-9(11,12)4-18-14-6(16)5-3-13-8-15(7(5)17)1-2-19-8/h3H,1-2,4H2,(H,14,16). The lowest BCUT2D eigenvalue weighted by Crippen LogP contribution is -2.35. The molecule has 19 heavy (non-hydrogen) atoms. The normalized spacial score (nSPS) is 14.3. The lowest BCUT2D eigenvalue weighted by atomic mass is 10.3. The van der Waals surface area contributed by atoms with Gasteiger partial charge in [0.05, 0.1) is 0 Å². The molecule has 1 amide bonds. The summed E-state index contributed by atoms with van der Waals surface area (Å²) in [5.41, 5.74) is 0.621. The lowest BCUT2D eigenvalue weighted by Gasteiger charge is -2.08. The van der Waals surface area contributed by atoms with Crippen LogP contribution >= 0.6 is 11.8 Å². The Balaban J connectivity index is 2.06. The van der Waals surface area contributed by atoms with Crippen LogP contribution in [0.4, 0.5) is 13.2 Å². The van der Waals surface area contributed by atoms with Crippen LogP contribution in [0, 0.1) is 0 Å². The first-order valence-electron chi connectivity index (χ1n) is 5.10. The van der Waals surface area contributed by atoms with Gasteiger partial charge in [0, 0.05) is 18.5 Å². The van der Waals surface area contributed by atoms with E-state index >= 15 is 0 Å². The fraction of sp³-hybridized carbons (Fsp3) is 0.444. The highest BCUT2D eigenvalue weighted by Crippen LogP contribution is 2.20. The zero-order valence-corrected chi connectivity index (χ0v) is 10.2. The molecule has 2 rings (SSSR count). The second kappa shape index (κ2) is 5.21. The van der Waals surface area contributed by atoms with Gasteiger partial charge in [-0.2, -0.15) is 13.2 Å². The molecule has 1 aliphatic rings. The number of halogens is 3. The quantitative estimate of drug-likeness (QED) is 0.652. The van der Waals surface area contributed by atoms with Gasteiger partial charge in [0.1, 0.15) is 5.56 Å². The third kappa shape index (κ3) is 3.26. The maximum absolute atomic E-state index is 11.8. The van der Waals surface area contributed by atoms with Gasteiger partial charge in [0.15, 0.2) is 11.8 Å². The van der Waals surface area contributed by atoms with E-state index in [1.807, 2.05) is 0 Å². The molecule has 0 saturated carbocycles. The Bertz CT molecular complexity index is 558. The first-order valence-corrected chi connectivity index (χ1v) is 6.08. The second-order valence-electron chi connectivity index (χ2n) is 3.59. The predicted molar refractivity (Wildman–Crippen MR) is 58.7 cm³/mol. The largest absolute Gasteiger partial charge is 0.414 e. The van der Waals surface area contributed by atoms with Gasteiger partial charge in [-0.15, -0.1) is 0 Å². The van der Waals surface area contributed by atoms with Crippen LogP contribution in [0.25, 0.3) is 0 Å². The number of nitrogens with zero attached hydrogens (tertiary/aromatic N) is 2. The van der Waals surface area contributed by atoms with E-state index in [0.717, 1.165) is 6.20 Å². The Hall–Kier alpha value is -1.55. The number of fused-ring (bicyclic) bond motifs is 1. The van der Waals surface area contributed by atoms with Gasteiger partial charge in [-0.1, -0.05) is 11.8 Å². The molecule has 0 fully saturated rings. The molecule has 0 atom stereocenters. The number of aromatic nitrogens is 2. The van der Waals surface area contributed by atoms with E-state index in [1.165, 1.54) is 16.3 Å². The summed E-state index contributed by atoms with van der Waals surface area (Å²) in [6.45, 7) is -1.22. The number of alkyl halides is 3. The molecule has 0 aromatic carbocycles. The number of hydroxylamine groups is 1. The van der Waals surface area contributed by atoms with Gasteiger partial charge in [-0.3, -0.25) is 19.0 Å². The van der Waals surface area contributed by atoms with Crippen LogP contribution in [-0.2, 0) is 11.4 Å². The van der Waals surface area contributed by atoms with Crippen molar-refractivity contribution in [1.29, 1.82) is 0 Å². The molecule has 0 spiro atoms. The van der Waals surface area contributed by atoms with Crippen LogP contribution in [0.5, 0.6) is 0 Å². The average Bonchev–Trinajstić information content (AvgIpc) is 2.76. The van der Waals surface area contributed by atoms with E-state index in [1.54, 1.807) is 5.48 Å². The number of carbonyl (C=O) groups excluding carboxylic acids is 1. The van der Waals surface area contributed by atoms with Crippen molar-refractivity contribution >= 4 is 17.7 Å². The molecule has 0 saturated heterocycles. The van der Waals surface area contributed by atoms with E-state index < -0.39 is 24.2 Å². The van der Waals surface area contributed by atoms with E-state index in [0.29, 0.717) is 17.5 Å². The predicted octanol–water partition coefficient (Wildman–Crippen LogP) is 0.573. The maximum atomic E-state index is 11.8. The van der Waals surface area contributed by atoms with Crippen LogP contribution in [0.3, 0.4) is 0 Å². The zero-order chi connectivity index (χ0) is 14.0. The first kappa shape index (κ1) is 13.9. The smallest absolute Gasteiger partial charge is 0.286 e. The van der Waals surface area contributed by atoms with Gasteiger partial charge in [-0.25, -0.2) is 10.5 Å². The molecule has 104 valence electrons. The summed E-state index contributed by atoms with van der Waals surface area (Å²) in [7, 11) is 0. The lowest BCUT2D eigenvalue weighted by molar-refractivity contribution is -0.184. The van der Waals surface area contributed by atoms with Crippen LogP contribution < -0.4 is 11.0 Å². The minimum Gasteiger partial charge on any atom is -0.286 e. The molecule has 0 radical (unpaired) electrons. The zero-order valence-electron chi connectivity index (χ0n) is 9.36. The van der Waals surface area contributed by atoms with E-state index in [-0.39, 0.29) is 5.56 Å². The van der Waals surface area contributed by atoms with Crippen molar-refractivity contribution in [3.8, 4) is 0 Å². The fourth-order valence-electron chi connectivity index (χ4n) is 1.41. The number of thioether (sulfide) groups is 1. The van der Waals surface area contributed by atoms with Gasteiger partial charge in [0.25, 0.3) is 11.5 Å². The highest BCUT2D eigenvalue weighted by Gasteiger charge is 2.28. The Morgan fingerprint density at radius 3 is 3.00 bits per heavy atom. The summed E-state index contributed by atoms with van der Waals surface area (Å²) in [6.07, 6.45) is -3.53. The van der Waals surface area contributed by atoms with Crippen LogP contribution in [0.15, 0.2) is 16.1 Å². The third-order valence-electron chi connectivity index (χ3n) is 2.20. The fourth-order valence-corrected chi connectivity index (χ4v) is 2.33. The molecule has 1 aliphatic heterocycles. The number of hydrogen-bond donors (Lipinski definition) is 1. The molecule has 0 aliphatic carbocycles. The molecule has 0 bridgehead atoms. The van der Waals surface area contributed by atoms with Crippen molar-refractivity contribution in [2.45, 2.75) is 17.9 Å². The van der Waals surface area contributed by atoms with E-state index in [9.17, 15) is 22.8 Å². The molecule has 0 unspecified atom stereocenters. The minimum absolute atomic E-state index is 0.353. The third-order valence-corrected chi connectivity index (χ3v) is 3.17. The topological polar surface area (TPSA) is 73.2 Å². The minimum atomic E-state index is -4.56. The Morgan fingerprint density at radius 1 is 1.58 bits per heavy atom. The summed E-state index contributed by atoms with van der Waals surface area (Å²) in [6, 6.07) is 0. The Kier molecular flexibility index (Phi) is 3.80. The molecule has 1 N–H and O–H groups in total. The van der Waals surface area contributed by atoms with Crippen molar-refractivity contribution in [2.75, 3.05) is 12.4 Å².